The Labute approximate surface area is 92.4 Å². The molecule has 86 valence electrons. The summed E-state index contributed by atoms with van der Waals surface area (Å²) in [5.74, 6) is 0.367. The molecule has 0 unspecified atom stereocenters. The van der Waals surface area contributed by atoms with Gasteiger partial charge in [0.2, 0.25) is 0 Å². The minimum absolute atomic E-state index is 0.235. The Morgan fingerprint density at radius 3 is 2.47 bits per heavy atom. The van der Waals surface area contributed by atoms with Crippen LogP contribution in [0.25, 0.3) is 0 Å². The predicted molar refractivity (Wildman–Crippen MR) is 62.0 cm³/mol. The number of piperidine rings is 1. The van der Waals surface area contributed by atoms with Gasteiger partial charge in [0.1, 0.15) is 5.76 Å². The molecule has 2 saturated heterocycles. The van der Waals surface area contributed by atoms with E-state index < -0.39 is 0 Å². The summed E-state index contributed by atoms with van der Waals surface area (Å²) in [6, 6.07) is 0.899. The number of nitrogens with zero attached hydrogens (tertiary/aromatic N) is 2. The fraction of sp³-hybridized carbons (Fsp3) is 0.833. The maximum Gasteiger partial charge on any atom is 0.102 e. The molecule has 2 rings (SSSR count). The lowest BCUT2D eigenvalue weighted by Gasteiger charge is -2.37. The van der Waals surface area contributed by atoms with Gasteiger partial charge in [-0.15, -0.1) is 0 Å². The Balaban J connectivity index is 1.94. The average Bonchev–Trinajstić information content (AvgIpc) is 2.67. The molecule has 15 heavy (non-hydrogen) atoms. The summed E-state index contributed by atoms with van der Waals surface area (Å²) < 4.78 is 0. The van der Waals surface area contributed by atoms with Crippen LogP contribution in [-0.4, -0.2) is 53.7 Å². The fourth-order valence-electron chi connectivity index (χ4n) is 2.91. The molecular weight excluding hydrogens is 188 g/mol. The van der Waals surface area contributed by atoms with Crippen molar-refractivity contribution in [1.82, 2.24) is 9.80 Å². The van der Waals surface area contributed by atoms with Crippen molar-refractivity contribution in [3.63, 3.8) is 0 Å². The van der Waals surface area contributed by atoms with Gasteiger partial charge in [-0.2, -0.15) is 0 Å². The van der Waals surface area contributed by atoms with Gasteiger partial charge in [-0.3, -0.25) is 4.90 Å². The largest absolute Gasteiger partial charge is 0.511 e. The van der Waals surface area contributed by atoms with E-state index in [0.29, 0.717) is 11.8 Å². The van der Waals surface area contributed by atoms with Gasteiger partial charge < -0.3 is 10.0 Å². The molecule has 0 amide bonds. The second-order valence-electron chi connectivity index (χ2n) is 4.92. The first-order valence-corrected chi connectivity index (χ1v) is 6.00. The Morgan fingerprint density at radius 2 is 1.87 bits per heavy atom. The number of hydrogen-bond acceptors (Lipinski definition) is 3. The molecule has 2 fully saturated rings. The molecule has 2 heterocycles. The molecule has 0 spiro atoms. The minimum Gasteiger partial charge on any atom is -0.511 e. The van der Waals surface area contributed by atoms with Crippen LogP contribution >= 0.6 is 0 Å². The average molecular weight is 210 g/mol. The lowest BCUT2D eigenvalue weighted by atomic mass is 10.0. The van der Waals surface area contributed by atoms with E-state index in [2.05, 4.69) is 23.4 Å². The summed E-state index contributed by atoms with van der Waals surface area (Å²) in [5.41, 5.74) is 0. The lowest BCUT2D eigenvalue weighted by molar-refractivity contribution is 0.105. The number of likely N-dealkylation sites (tertiary alicyclic amines) is 2. The van der Waals surface area contributed by atoms with Gasteiger partial charge in [-0.05, 0) is 52.4 Å². The number of hydrogen-bond donors (Lipinski definition) is 1. The van der Waals surface area contributed by atoms with Crippen molar-refractivity contribution in [3.05, 3.63) is 12.3 Å². The zero-order valence-electron chi connectivity index (χ0n) is 9.65. The Kier molecular flexibility index (Phi) is 3.32. The van der Waals surface area contributed by atoms with Gasteiger partial charge in [-0.1, -0.05) is 6.58 Å². The van der Waals surface area contributed by atoms with Crippen molar-refractivity contribution < 1.29 is 5.11 Å². The SMILES string of the molecule is C=C(O)[C@@H]1CCCN1C1CCN(C)CC1. The summed E-state index contributed by atoms with van der Waals surface area (Å²) >= 11 is 0. The molecule has 2 aliphatic rings. The zero-order chi connectivity index (χ0) is 10.8. The first-order chi connectivity index (χ1) is 7.18. The van der Waals surface area contributed by atoms with Crippen LogP contribution in [0.15, 0.2) is 12.3 Å². The van der Waals surface area contributed by atoms with Crippen molar-refractivity contribution in [3.8, 4) is 0 Å². The van der Waals surface area contributed by atoms with Gasteiger partial charge in [0, 0.05) is 6.04 Å². The molecule has 0 saturated carbocycles. The van der Waals surface area contributed by atoms with Crippen LogP contribution in [0, 0.1) is 0 Å². The molecule has 3 nitrogen and oxygen atoms in total. The van der Waals surface area contributed by atoms with Crippen LogP contribution in [0.4, 0.5) is 0 Å². The van der Waals surface area contributed by atoms with E-state index in [9.17, 15) is 5.11 Å². The summed E-state index contributed by atoms with van der Waals surface area (Å²) in [4.78, 5) is 4.85. The van der Waals surface area contributed by atoms with E-state index in [1.54, 1.807) is 0 Å². The van der Waals surface area contributed by atoms with E-state index in [-0.39, 0.29) is 6.04 Å². The Bertz CT molecular complexity index is 234. The van der Waals surface area contributed by atoms with Gasteiger partial charge >= 0.3 is 0 Å². The molecule has 1 N–H and O–H groups in total. The van der Waals surface area contributed by atoms with E-state index in [0.717, 1.165) is 13.0 Å². The molecule has 0 aromatic heterocycles. The summed E-state index contributed by atoms with van der Waals surface area (Å²) in [7, 11) is 2.18. The minimum atomic E-state index is 0.235. The van der Waals surface area contributed by atoms with Gasteiger partial charge in [0.15, 0.2) is 0 Å². The topological polar surface area (TPSA) is 26.7 Å². The predicted octanol–water partition coefficient (Wildman–Crippen LogP) is 1.62. The highest BCUT2D eigenvalue weighted by Gasteiger charge is 2.33. The zero-order valence-corrected chi connectivity index (χ0v) is 9.65. The van der Waals surface area contributed by atoms with Gasteiger partial charge in [0.05, 0.1) is 6.04 Å². The quantitative estimate of drug-likeness (QED) is 0.702. The van der Waals surface area contributed by atoms with E-state index >= 15 is 0 Å². The highest BCUT2D eigenvalue weighted by Crippen LogP contribution is 2.28. The molecule has 0 radical (unpaired) electrons. The van der Waals surface area contributed by atoms with Gasteiger partial charge in [-0.25, -0.2) is 0 Å². The third-order valence-electron chi connectivity index (χ3n) is 3.84. The van der Waals surface area contributed by atoms with Crippen LogP contribution in [0.3, 0.4) is 0 Å². The van der Waals surface area contributed by atoms with Crippen molar-refractivity contribution >= 4 is 0 Å². The molecule has 0 bridgehead atoms. The molecule has 3 heteroatoms. The monoisotopic (exact) mass is 210 g/mol. The molecule has 1 atom stereocenters. The third kappa shape index (κ3) is 2.34. The number of aliphatic hydroxyl groups is 1. The fourth-order valence-corrected chi connectivity index (χ4v) is 2.91. The third-order valence-corrected chi connectivity index (χ3v) is 3.84. The molecular formula is C12H22N2O. The normalized spacial score (nSPS) is 30.9. The van der Waals surface area contributed by atoms with Crippen molar-refractivity contribution in [2.75, 3.05) is 26.7 Å². The lowest BCUT2D eigenvalue weighted by Crippen LogP contribution is -2.46. The van der Waals surface area contributed by atoms with Crippen LogP contribution in [0.2, 0.25) is 0 Å². The first kappa shape index (κ1) is 11.0. The summed E-state index contributed by atoms with van der Waals surface area (Å²) in [6.07, 6.45) is 4.76. The Hall–Kier alpha value is -0.540. The maximum atomic E-state index is 9.56. The van der Waals surface area contributed by atoms with Gasteiger partial charge in [0.25, 0.3) is 0 Å². The van der Waals surface area contributed by atoms with Crippen molar-refractivity contribution in [2.45, 2.75) is 37.8 Å². The summed E-state index contributed by atoms with van der Waals surface area (Å²) in [6.45, 7) is 7.21. The van der Waals surface area contributed by atoms with E-state index in [1.165, 1.54) is 32.4 Å². The van der Waals surface area contributed by atoms with Crippen LogP contribution < -0.4 is 0 Å². The van der Waals surface area contributed by atoms with Crippen LogP contribution in [-0.2, 0) is 0 Å². The molecule has 0 aromatic carbocycles. The number of aliphatic hydroxyl groups excluding tert-OH is 1. The Morgan fingerprint density at radius 1 is 1.20 bits per heavy atom. The van der Waals surface area contributed by atoms with E-state index in [1.807, 2.05) is 0 Å². The number of rotatable bonds is 2. The van der Waals surface area contributed by atoms with Crippen LogP contribution in [0.5, 0.6) is 0 Å². The summed E-state index contributed by atoms with van der Waals surface area (Å²) in [5, 5.41) is 9.56. The smallest absolute Gasteiger partial charge is 0.102 e. The highest BCUT2D eigenvalue weighted by atomic mass is 16.3. The van der Waals surface area contributed by atoms with E-state index in [4.69, 9.17) is 0 Å². The van der Waals surface area contributed by atoms with Crippen molar-refractivity contribution in [2.24, 2.45) is 0 Å². The molecule has 0 aliphatic carbocycles. The molecule has 0 aromatic rings. The highest BCUT2D eigenvalue weighted by molar-refractivity contribution is 5.01. The standard InChI is InChI=1S/C12H22N2O/c1-10(15)12-4-3-7-14(12)11-5-8-13(2)9-6-11/h11-12,15H,1,3-9H2,2H3/t12-/m0/s1. The second kappa shape index (κ2) is 4.54. The molecule has 2 aliphatic heterocycles. The maximum absolute atomic E-state index is 9.56. The second-order valence-corrected chi connectivity index (χ2v) is 4.92. The van der Waals surface area contributed by atoms with Crippen molar-refractivity contribution in [1.29, 1.82) is 0 Å². The van der Waals surface area contributed by atoms with Crippen LogP contribution in [0.1, 0.15) is 25.7 Å². The first-order valence-electron chi connectivity index (χ1n) is 6.00.